The highest BCUT2D eigenvalue weighted by Gasteiger charge is 2.22. The van der Waals surface area contributed by atoms with E-state index in [1.165, 1.54) is 22.7 Å². The lowest BCUT2D eigenvalue weighted by Crippen LogP contribution is -2.31. The van der Waals surface area contributed by atoms with Gasteiger partial charge in [0.05, 0.1) is 9.21 Å². The third-order valence-electron chi connectivity index (χ3n) is 4.19. The molecule has 0 unspecified atom stereocenters. The number of carbonyl (C=O) groups is 1. The molecule has 0 aliphatic carbocycles. The van der Waals surface area contributed by atoms with Crippen LogP contribution in [-0.2, 0) is 6.54 Å². The first-order valence-corrected chi connectivity index (χ1v) is 10.6. The van der Waals surface area contributed by atoms with Gasteiger partial charge in [-0.1, -0.05) is 23.7 Å². The highest BCUT2D eigenvalue weighted by atomic mass is 35.5. The van der Waals surface area contributed by atoms with Gasteiger partial charge < -0.3 is 14.4 Å². The highest BCUT2D eigenvalue weighted by molar-refractivity contribution is 7.23. The van der Waals surface area contributed by atoms with Crippen LogP contribution in [0.15, 0.2) is 35.7 Å². The summed E-state index contributed by atoms with van der Waals surface area (Å²) in [6.07, 6.45) is 0. The summed E-state index contributed by atoms with van der Waals surface area (Å²) >= 11 is 8.90. The predicted molar refractivity (Wildman–Crippen MR) is 108 cm³/mol. The lowest BCUT2D eigenvalue weighted by molar-refractivity contribution is 0.0744. The van der Waals surface area contributed by atoms with Crippen molar-refractivity contribution in [1.82, 2.24) is 9.88 Å². The standard InChI is InChI=1S/C19H17ClN2O3S2/c1-2-22(10-12-4-3-5-14-17(12)25-9-8-24-14)19(23)13-11-26-18(21-13)15-6-7-16(20)27-15/h3-7,11H,2,8-10H2,1H3. The molecule has 0 saturated carbocycles. The summed E-state index contributed by atoms with van der Waals surface area (Å²) in [5.41, 5.74) is 1.38. The van der Waals surface area contributed by atoms with Crippen molar-refractivity contribution in [3.8, 4) is 21.4 Å². The van der Waals surface area contributed by atoms with E-state index in [1.807, 2.05) is 37.3 Å². The minimum Gasteiger partial charge on any atom is -0.486 e. The first-order chi connectivity index (χ1) is 13.2. The Kier molecular flexibility index (Phi) is 5.33. The number of nitrogens with zero attached hydrogens (tertiary/aromatic N) is 2. The van der Waals surface area contributed by atoms with E-state index in [9.17, 15) is 4.79 Å². The molecule has 4 rings (SSSR count). The Bertz CT molecular complexity index is 970. The van der Waals surface area contributed by atoms with Crippen LogP contribution in [0.3, 0.4) is 0 Å². The number of rotatable bonds is 5. The molecule has 0 atom stereocenters. The van der Waals surface area contributed by atoms with E-state index < -0.39 is 0 Å². The van der Waals surface area contributed by atoms with Gasteiger partial charge in [0.25, 0.3) is 5.91 Å². The summed E-state index contributed by atoms with van der Waals surface area (Å²) in [5, 5.41) is 2.61. The van der Waals surface area contributed by atoms with Crippen molar-refractivity contribution in [2.24, 2.45) is 0 Å². The molecule has 8 heteroatoms. The Morgan fingerprint density at radius 3 is 2.89 bits per heavy atom. The van der Waals surface area contributed by atoms with Crippen LogP contribution >= 0.6 is 34.3 Å². The van der Waals surface area contributed by atoms with E-state index in [-0.39, 0.29) is 5.91 Å². The Labute approximate surface area is 170 Å². The summed E-state index contributed by atoms with van der Waals surface area (Å²) in [5.74, 6) is 1.35. The van der Waals surface area contributed by atoms with Crippen LogP contribution in [0.5, 0.6) is 11.5 Å². The van der Waals surface area contributed by atoms with Crippen LogP contribution in [0.2, 0.25) is 4.34 Å². The largest absolute Gasteiger partial charge is 0.486 e. The summed E-state index contributed by atoms with van der Waals surface area (Å²) in [7, 11) is 0. The summed E-state index contributed by atoms with van der Waals surface area (Å²) in [6.45, 7) is 4.03. The van der Waals surface area contributed by atoms with Crippen molar-refractivity contribution in [1.29, 1.82) is 0 Å². The summed E-state index contributed by atoms with van der Waals surface area (Å²) < 4.78 is 12.1. The number of carbonyl (C=O) groups excluding carboxylic acids is 1. The monoisotopic (exact) mass is 420 g/mol. The first kappa shape index (κ1) is 18.3. The molecular formula is C19H17ClN2O3S2. The van der Waals surface area contributed by atoms with Crippen LogP contribution in [0.1, 0.15) is 23.0 Å². The number of ether oxygens (including phenoxy) is 2. The molecule has 0 spiro atoms. The van der Waals surface area contributed by atoms with Gasteiger partial charge in [0.15, 0.2) is 11.5 Å². The Balaban J connectivity index is 1.55. The van der Waals surface area contributed by atoms with E-state index in [1.54, 1.807) is 10.3 Å². The van der Waals surface area contributed by atoms with Gasteiger partial charge >= 0.3 is 0 Å². The molecule has 5 nitrogen and oxygen atoms in total. The van der Waals surface area contributed by atoms with Crippen LogP contribution in [0.4, 0.5) is 0 Å². The minimum atomic E-state index is -0.100. The Morgan fingerprint density at radius 2 is 2.11 bits per heavy atom. The number of hydrogen-bond donors (Lipinski definition) is 0. The molecule has 140 valence electrons. The predicted octanol–water partition coefficient (Wildman–Crippen LogP) is 4.96. The second-order valence-electron chi connectivity index (χ2n) is 5.90. The number of thiazole rings is 1. The van der Waals surface area contributed by atoms with Crippen LogP contribution in [0.25, 0.3) is 9.88 Å². The van der Waals surface area contributed by atoms with E-state index in [0.29, 0.717) is 36.3 Å². The summed E-state index contributed by atoms with van der Waals surface area (Å²) in [6, 6.07) is 9.52. The number of halogens is 1. The molecule has 0 N–H and O–H groups in total. The van der Waals surface area contributed by atoms with Crippen molar-refractivity contribution < 1.29 is 14.3 Å². The Hall–Kier alpha value is -2.09. The maximum Gasteiger partial charge on any atom is 0.273 e. The number of aromatic nitrogens is 1. The normalized spacial score (nSPS) is 12.8. The molecular weight excluding hydrogens is 404 g/mol. The first-order valence-electron chi connectivity index (χ1n) is 8.53. The van der Waals surface area contributed by atoms with Gasteiger partial charge in [-0.3, -0.25) is 4.79 Å². The third-order valence-corrected chi connectivity index (χ3v) is 6.43. The molecule has 0 fully saturated rings. The second-order valence-corrected chi connectivity index (χ2v) is 8.48. The van der Waals surface area contributed by atoms with Gasteiger partial charge in [-0.05, 0) is 25.1 Å². The number of hydrogen-bond acceptors (Lipinski definition) is 6. The average molecular weight is 421 g/mol. The molecule has 1 aromatic carbocycles. The molecule has 0 bridgehead atoms. The molecule has 3 heterocycles. The molecule has 1 aliphatic heterocycles. The lowest BCUT2D eigenvalue weighted by atomic mass is 10.1. The molecule has 0 radical (unpaired) electrons. The van der Waals surface area contributed by atoms with Gasteiger partial charge in [0, 0.05) is 24.0 Å². The smallest absolute Gasteiger partial charge is 0.273 e. The average Bonchev–Trinajstić information content (AvgIpc) is 3.34. The maximum absolute atomic E-state index is 13.0. The zero-order valence-corrected chi connectivity index (χ0v) is 17.0. The second kappa shape index (κ2) is 7.88. The fraction of sp³-hybridized carbons (Fsp3) is 0.263. The number of thiophene rings is 1. The van der Waals surface area contributed by atoms with Crippen molar-refractivity contribution in [2.45, 2.75) is 13.5 Å². The van der Waals surface area contributed by atoms with Gasteiger partial charge in [-0.25, -0.2) is 4.98 Å². The fourth-order valence-corrected chi connectivity index (χ4v) is 4.78. The zero-order valence-electron chi connectivity index (χ0n) is 14.6. The van der Waals surface area contributed by atoms with Crippen LogP contribution in [-0.4, -0.2) is 35.5 Å². The third kappa shape index (κ3) is 3.81. The fourth-order valence-electron chi connectivity index (χ4n) is 2.87. The van der Waals surface area contributed by atoms with Gasteiger partial charge in [0.2, 0.25) is 0 Å². The molecule has 0 saturated heterocycles. The SMILES string of the molecule is CCN(Cc1cccc2c1OCCO2)C(=O)c1csc(-c2ccc(Cl)s2)n1. The molecule has 2 aromatic heterocycles. The topological polar surface area (TPSA) is 51.7 Å². The van der Waals surface area contributed by atoms with Crippen molar-refractivity contribution in [3.63, 3.8) is 0 Å². The summed E-state index contributed by atoms with van der Waals surface area (Å²) in [4.78, 5) is 20.2. The molecule has 1 aliphatic rings. The van der Waals surface area contributed by atoms with Crippen molar-refractivity contribution >= 4 is 40.2 Å². The zero-order chi connectivity index (χ0) is 18.8. The molecule has 3 aromatic rings. The number of benzene rings is 1. The van der Waals surface area contributed by atoms with Crippen molar-refractivity contribution in [2.75, 3.05) is 19.8 Å². The number of para-hydroxylation sites is 1. The van der Waals surface area contributed by atoms with Crippen LogP contribution in [0, 0.1) is 0 Å². The quantitative estimate of drug-likeness (QED) is 0.585. The van der Waals surface area contributed by atoms with Crippen LogP contribution < -0.4 is 9.47 Å². The lowest BCUT2D eigenvalue weighted by Gasteiger charge is -2.25. The molecule has 1 amide bonds. The van der Waals surface area contributed by atoms with Gasteiger partial charge in [0.1, 0.15) is 23.9 Å². The minimum absolute atomic E-state index is 0.100. The van der Waals surface area contributed by atoms with Gasteiger partial charge in [-0.2, -0.15) is 0 Å². The van der Waals surface area contributed by atoms with Gasteiger partial charge in [-0.15, -0.1) is 22.7 Å². The molecule has 27 heavy (non-hydrogen) atoms. The van der Waals surface area contributed by atoms with E-state index >= 15 is 0 Å². The van der Waals surface area contributed by atoms with E-state index in [4.69, 9.17) is 21.1 Å². The number of fused-ring (bicyclic) bond motifs is 1. The Morgan fingerprint density at radius 1 is 1.26 bits per heavy atom. The highest BCUT2D eigenvalue weighted by Crippen LogP contribution is 2.35. The number of amides is 1. The van der Waals surface area contributed by atoms with E-state index in [0.717, 1.165) is 26.9 Å². The van der Waals surface area contributed by atoms with E-state index in [2.05, 4.69) is 4.98 Å². The maximum atomic E-state index is 13.0. The van der Waals surface area contributed by atoms with Crippen molar-refractivity contribution in [3.05, 3.63) is 51.3 Å².